The zero-order valence-electron chi connectivity index (χ0n) is 9.04. The Hall–Kier alpha value is -0.903. The summed E-state index contributed by atoms with van der Waals surface area (Å²) in [6, 6.07) is 0. The normalized spacial score (nSPS) is 18.6. The highest BCUT2D eigenvalue weighted by atomic mass is 28.3. The van der Waals surface area contributed by atoms with Gasteiger partial charge in [-0.25, -0.2) is 0 Å². The lowest BCUT2D eigenvalue weighted by atomic mass is 10.4. The molecule has 4 heteroatoms. The van der Waals surface area contributed by atoms with E-state index in [9.17, 15) is 9.59 Å². The molecule has 0 atom stereocenters. The average Bonchev–Trinajstić information content (AvgIpc) is 2.33. The highest BCUT2D eigenvalue weighted by Gasteiger charge is 2.27. The van der Waals surface area contributed by atoms with Crippen molar-refractivity contribution in [1.29, 1.82) is 0 Å². The van der Waals surface area contributed by atoms with E-state index in [-0.39, 0.29) is 11.8 Å². The summed E-state index contributed by atoms with van der Waals surface area (Å²) in [5, 5.41) is 0. The van der Waals surface area contributed by atoms with Crippen molar-refractivity contribution in [2.24, 2.45) is 0 Å². The molecule has 0 saturated carbocycles. The van der Waals surface area contributed by atoms with Crippen LogP contribution in [0.1, 0.15) is 12.8 Å². The van der Waals surface area contributed by atoms with Gasteiger partial charge in [-0.1, -0.05) is 31.4 Å². The number of hydrogen-bond donors (Lipinski definition) is 0. The molecule has 1 aliphatic heterocycles. The van der Waals surface area contributed by atoms with Crippen LogP contribution < -0.4 is 0 Å². The van der Waals surface area contributed by atoms with Crippen molar-refractivity contribution in [3.8, 4) is 0 Å². The predicted octanol–water partition coefficient (Wildman–Crippen LogP) is 1.57. The quantitative estimate of drug-likeness (QED) is 0.525. The standard InChI is InChI=1S/C10H17NO2Si/c1-14(2,3)8-4-7-11-9(12)5-6-10(11)13/h4,8H,5-7H2,1-3H3/b8-4+. The molecule has 0 spiro atoms. The monoisotopic (exact) mass is 211 g/mol. The SMILES string of the molecule is C[Si](C)(C)/C=C/CN1C(=O)CCC1=O. The fourth-order valence-electron chi connectivity index (χ4n) is 1.34. The highest BCUT2D eigenvalue weighted by Crippen LogP contribution is 2.11. The number of rotatable bonds is 3. The summed E-state index contributed by atoms with van der Waals surface area (Å²) in [5.74, 6) is -0.0644. The van der Waals surface area contributed by atoms with Crippen molar-refractivity contribution in [2.75, 3.05) is 6.54 Å². The van der Waals surface area contributed by atoms with Crippen molar-refractivity contribution < 1.29 is 9.59 Å². The molecule has 78 valence electrons. The van der Waals surface area contributed by atoms with E-state index in [4.69, 9.17) is 0 Å². The number of hydrogen-bond acceptors (Lipinski definition) is 2. The Labute approximate surface area is 85.8 Å². The third-order valence-corrected chi connectivity index (χ3v) is 3.30. The van der Waals surface area contributed by atoms with E-state index in [1.165, 1.54) is 4.90 Å². The fraction of sp³-hybridized carbons (Fsp3) is 0.600. The lowest BCUT2D eigenvalue weighted by molar-refractivity contribution is -0.137. The molecule has 0 aromatic rings. The lowest BCUT2D eigenvalue weighted by Gasteiger charge is -2.12. The molecule has 1 fully saturated rings. The summed E-state index contributed by atoms with van der Waals surface area (Å²) >= 11 is 0. The summed E-state index contributed by atoms with van der Waals surface area (Å²) in [7, 11) is -1.20. The third kappa shape index (κ3) is 3.10. The van der Waals surface area contributed by atoms with Gasteiger partial charge in [0.1, 0.15) is 0 Å². The van der Waals surface area contributed by atoms with E-state index in [0.717, 1.165) is 0 Å². The predicted molar refractivity (Wildman–Crippen MR) is 58.4 cm³/mol. The van der Waals surface area contributed by atoms with Crippen molar-refractivity contribution in [2.45, 2.75) is 32.5 Å². The zero-order chi connectivity index (χ0) is 10.8. The largest absolute Gasteiger partial charge is 0.279 e. The summed E-state index contributed by atoms with van der Waals surface area (Å²) in [4.78, 5) is 23.8. The van der Waals surface area contributed by atoms with Crippen LogP contribution in [0.25, 0.3) is 0 Å². The van der Waals surface area contributed by atoms with Gasteiger partial charge in [-0.15, -0.1) is 0 Å². The molecule has 0 aromatic heterocycles. The minimum atomic E-state index is -1.20. The number of carbonyl (C=O) groups is 2. The van der Waals surface area contributed by atoms with Gasteiger partial charge in [-0.05, 0) is 0 Å². The van der Waals surface area contributed by atoms with Crippen LogP contribution in [0.4, 0.5) is 0 Å². The van der Waals surface area contributed by atoms with E-state index < -0.39 is 8.07 Å². The average molecular weight is 211 g/mol. The van der Waals surface area contributed by atoms with E-state index in [1.807, 2.05) is 6.08 Å². The number of carbonyl (C=O) groups excluding carboxylic acids is 2. The summed E-state index contributed by atoms with van der Waals surface area (Å²) in [6.45, 7) is 7.12. The molecule has 2 amide bonds. The van der Waals surface area contributed by atoms with Gasteiger partial charge in [0, 0.05) is 19.4 Å². The third-order valence-electron chi connectivity index (χ3n) is 2.06. The Morgan fingerprint density at radius 1 is 1.21 bits per heavy atom. The van der Waals surface area contributed by atoms with Gasteiger partial charge >= 0.3 is 0 Å². The van der Waals surface area contributed by atoms with E-state index in [0.29, 0.717) is 19.4 Å². The van der Waals surface area contributed by atoms with Crippen LogP contribution in [0.2, 0.25) is 19.6 Å². The van der Waals surface area contributed by atoms with Gasteiger partial charge < -0.3 is 0 Å². The van der Waals surface area contributed by atoms with Gasteiger partial charge in [0.15, 0.2) is 0 Å². The van der Waals surface area contributed by atoms with Crippen LogP contribution in [-0.4, -0.2) is 31.3 Å². The maximum absolute atomic E-state index is 11.2. The molecule has 1 heterocycles. The molecule has 0 N–H and O–H groups in total. The molecule has 14 heavy (non-hydrogen) atoms. The second-order valence-corrected chi connectivity index (χ2v) is 9.73. The van der Waals surface area contributed by atoms with E-state index >= 15 is 0 Å². The Kier molecular flexibility index (Phi) is 3.26. The first-order valence-electron chi connectivity index (χ1n) is 4.91. The Bertz CT molecular complexity index is 262. The maximum Gasteiger partial charge on any atom is 0.229 e. The van der Waals surface area contributed by atoms with Gasteiger partial charge in [0.25, 0.3) is 0 Å². The molecule has 0 aromatic carbocycles. The molecule has 0 unspecified atom stereocenters. The highest BCUT2D eigenvalue weighted by molar-refractivity contribution is 6.80. The van der Waals surface area contributed by atoms with Crippen LogP contribution in [-0.2, 0) is 9.59 Å². The Morgan fingerprint density at radius 3 is 2.14 bits per heavy atom. The van der Waals surface area contributed by atoms with E-state index in [1.54, 1.807) is 0 Å². The molecule has 0 aliphatic carbocycles. The first-order valence-corrected chi connectivity index (χ1v) is 8.49. The van der Waals surface area contributed by atoms with E-state index in [2.05, 4.69) is 25.3 Å². The van der Waals surface area contributed by atoms with Gasteiger partial charge in [0.05, 0.1) is 8.07 Å². The van der Waals surface area contributed by atoms with Crippen molar-refractivity contribution in [3.05, 3.63) is 11.8 Å². The fourth-order valence-corrected chi connectivity index (χ4v) is 2.15. The smallest absolute Gasteiger partial charge is 0.229 e. The van der Waals surface area contributed by atoms with Crippen LogP contribution in [0.3, 0.4) is 0 Å². The minimum Gasteiger partial charge on any atom is -0.279 e. The molecular formula is C10H17NO2Si. The van der Waals surface area contributed by atoms with Crippen molar-refractivity contribution in [3.63, 3.8) is 0 Å². The summed E-state index contributed by atoms with van der Waals surface area (Å²) in [5.41, 5.74) is 2.16. The topological polar surface area (TPSA) is 37.4 Å². The lowest BCUT2D eigenvalue weighted by Crippen LogP contribution is -2.29. The number of likely N-dealkylation sites (tertiary alicyclic amines) is 1. The summed E-state index contributed by atoms with van der Waals surface area (Å²) < 4.78 is 0. The van der Waals surface area contributed by atoms with Crippen LogP contribution in [0, 0.1) is 0 Å². The second kappa shape index (κ2) is 4.08. The Morgan fingerprint density at radius 2 is 1.71 bits per heavy atom. The van der Waals surface area contributed by atoms with Crippen LogP contribution >= 0.6 is 0 Å². The molecular weight excluding hydrogens is 194 g/mol. The zero-order valence-corrected chi connectivity index (χ0v) is 10.0. The number of nitrogens with zero attached hydrogens (tertiary/aromatic N) is 1. The summed E-state index contributed by atoms with van der Waals surface area (Å²) in [6.07, 6.45) is 2.73. The van der Waals surface area contributed by atoms with Crippen molar-refractivity contribution in [1.82, 2.24) is 4.90 Å². The van der Waals surface area contributed by atoms with Gasteiger partial charge in [-0.3, -0.25) is 14.5 Å². The Balaban J connectivity index is 2.49. The number of imide groups is 1. The molecule has 1 aliphatic rings. The van der Waals surface area contributed by atoms with Gasteiger partial charge in [0.2, 0.25) is 11.8 Å². The first kappa shape index (κ1) is 11.2. The van der Waals surface area contributed by atoms with Crippen molar-refractivity contribution >= 4 is 19.9 Å². The molecule has 1 saturated heterocycles. The van der Waals surface area contributed by atoms with Crippen LogP contribution in [0.5, 0.6) is 0 Å². The molecule has 0 bridgehead atoms. The molecule has 1 rings (SSSR count). The molecule has 3 nitrogen and oxygen atoms in total. The van der Waals surface area contributed by atoms with Gasteiger partial charge in [-0.2, -0.15) is 0 Å². The maximum atomic E-state index is 11.2. The first-order chi connectivity index (χ1) is 6.40. The molecule has 0 radical (unpaired) electrons. The minimum absolute atomic E-state index is 0.0322. The van der Waals surface area contributed by atoms with Crippen LogP contribution in [0.15, 0.2) is 11.8 Å². The second-order valence-electron chi connectivity index (χ2n) is 4.67. The number of amides is 2.